The number of carbonyl (C=O) groups excluding carboxylic acids is 1. The summed E-state index contributed by atoms with van der Waals surface area (Å²) in [7, 11) is 0. The number of aliphatic hydroxyl groups is 1. The van der Waals surface area contributed by atoms with E-state index in [0.717, 1.165) is 18.4 Å². The van der Waals surface area contributed by atoms with Crippen LogP contribution in [0.4, 0.5) is 4.39 Å². The minimum atomic E-state index is -0.651. The van der Waals surface area contributed by atoms with Crippen LogP contribution in [0.2, 0.25) is 0 Å². The molecule has 1 saturated heterocycles. The highest BCUT2D eigenvalue weighted by molar-refractivity contribution is 5.74. The van der Waals surface area contributed by atoms with Gasteiger partial charge in [0.2, 0.25) is 0 Å². The van der Waals surface area contributed by atoms with Gasteiger partial charge in [0, 0.05) is 6.42 Å². The Labute approximate surface area is 167 Å². The Morgan fingerprint density at radius 1 is 1.25 bits per heavy atom. The molecule has 1 aliphatic heterocycles. The van der Waals surface area contributed by atoms with Crippen LogP contribution in [0.3, 0.4) is 0 Å². The van der Waals surface area contributed by atoms with Crippen LogP contribution in [-0.2, 0) is 9.53 Å². The van der Waals surface area contributed by atoms with E-state index in [1.54, 1.807) is 6.92 Å². The number of esters is 1. The first-order chi connectivity index (χ1) is 13.0. The van der Waals surface area contributed by atoms with E-state index in [9.17, 15) is 14.3 Å². The molecule has 0 radical (unpaired) electrons. The number of benzene rings is 1. The van der Waals surface area contributed by atoms with Crippen LogP contribution >= 0.6 is 0 Å². The molecule has 2 atom stereocenters. The second-order valence-corrected chi connectivity index (χ2v) is 9.74. The lowest BCUT2D eigenvalue weighted by Gasteiger charge is -2.43. The predicted octanol–water partition coefficient (Wildman–Crippen LogP) is 5.36. The summed E-state index contributed by atoms with van der Waals surface area (Å²) >= 11 is 0. The summed E-state index contributed by atoms with van der Waals surface area (Å²) in [5.74, 6) is -0.556. The summed E-state index contributed by atoms with van der Waals surface area (Å²) in [6, 6.07) is 5.31. The van der Waals surface area contributed by atoms with Gasteiger partial charge in [0.25, 0.3) is 0 Å². The Hall–Kier alpha value is -1.94. The topological polar surface area (TPSA) is 46.5 Å². The maximum atomic E-state index is 13.8. The van der Waals surface area contributed by atoms with Gasteiger partial charge in [-0.05, 0) is 71.1 Å². The average molecular weight is 387 g/mol. The van der Waals surface area contributed by atoms with E-state index >= 15 is 0 Å². The highest BCUT2D eigenvalue weighted by atomic mass is 19.1. The number of aryl methyl sites for hydroxylation is 1. The number of aliphatic hydroxyl groups excluding tert-OH is 1. The van der Waals surface area contributed by atoms with Crippen LogP contribution in [0.1, 0.15) is 64.5 Å². The monoisotopic (exact) mass is 386 g/mol. The van der Waals surface area contributed by atoms with Gasteiger partial charge in [0.1, 0.15) is 11.9 Å². The summed E-state index contributed by atoms with van der Waals surface area (Å²) in [5, 5.41) is 9.86. The highest BCUT2D eigenvalue weighted by Crippen LogP contribution is 2.52. The molecule has 4 heteroatoms. The number of ether oxygens (including phenoxy) is 1. The van der Waals surface area contributed by atoms with Gasteiger partial charge >= 0.3 is 5.97 Å². The molecule has 2 unspecified atom stereocenters. The first-order valence-corrected chi connectivity index (χ1v) is 10.0. The van der Waals surface area contributed by atoms with Crippen molar-refractivity contribution >= 4 is 11.5 Å². The number of cyclic esters (lactones) is 1. The van der Waals surface area contributed by atoms with Gasteiger partial charge in [-0.25, -0.2) is 4.39 Å². The predicted molar refractivity (Wildman–Crippen MR) is 109 cm³/mol. The quantitative estimate of drug-likeness (QED) is 0.712. The van der Waals surface area contributed by atoms with Crippen molar-refractivity contribution in [3.05, 3.63) is 52.9 Å². The smallest absolute Gasteiger partial charge is 0.309 e. The highest BCUT2D eigenvalue weighted by Gasteiger charge is 2.38. The van der Waals surface area contributed by atoms with Gasteiger partial charge in [-0.3, -0.25) is 4.79 Å². The number of halogens is 1. The van der Waals surface area contributed by atoms with Gasteiger partial charge < -0.3 is 9.84 Å². The SMILES string of the molecule is Cc1cc(C2=C(/C=C/C3CC(O)CC(=O)O3)C(C)(C)CC(C)(C)C2)ccc1F. The Bertz CT molecular complexity index is 832. The molecular weight excluding hydrogens is 355 g/mol. The number of carbonyl (C=O) groups is 1. The Morgan fingerprint density at radius 2 is 1.96 bits per heavy atom. The molecule has 1 fully saturated rings. The lowest BCUT2D eigenvalue weighted by Crippen LogP contribution is -2.32. The van der Waals surface area contributed by atoms with Crippen LogP contribution in [-0.4, -0.2) is 23.3 Å². The zero-order valence-electron chi connectivity index (χ0n) is 17.5. The third-order valence-electron chi connectivity index (χ3n) is 5.80. The van der Waals surface area contributed by atoms with Crippen LogP contribution < -0.4 is 0 Å². The molecule has 1 aromatic rings. The fourth-order valence-electron chi connectivity index (χ4n) is 4.88. The van der Waals surface area contributed by atoms with Crippen LogP contribution in [0, 0.1) is 23.6 Å². The molecule has 1 aliphatic carbocycles. The van der Waals surface area contributed by atoms with Gasteiger partial charge in [-0.1, -0.05) is 39.8 Å². The van der Waals surface area contributed by atoms with Crippen molar-refractivity contribution in [3.8, 4) is 0 Å². The zero-order valence-corrected chi connectivity index (χ0v) is 17.5. The molecule has 0 amide bonds. The summed E-state index contributed by atoms with van der Waals surface area (Å²) in [6.45, 7) is 10.8. The molecule has 3 rings (SSSR count). The zero-order chi connectivity index (χ0) is 20.7. The van der Waals surface area contributed by atoms with E-state index in [1.165, 1.54) is 17.2 Å². The van der Waals surface area contributed by atoms with Gasteiger partial charge in [0.05, 0.1) is 12.5 Å². The molecule has 0 spiro atoms. The summed E-state index contributed by atoms with van der Waals surface area (Å²) in [4.78, 5) is 11.6. The third kappa shape index (κ3) is 4.54. The fraction of sp³-hybridized carbons (Fsp3) is 0.542. The molecule has 1 aromatic carbocycles. The van der Waals surface area contributed by atoms with Crippen LogP contribution in [0.5, 0.6) is 0 Å². The third-order valence-corrected chi connectivity index (χ3v) is 5.80. The van der Waals surface area contributed by atoms with E-state index in [2.05, 4.69) is 33.8 Å². The van der Waals surface area contributed by atoms with Gasteiger partial charge in [0.15, 0.2) is 0 Å². The molecule has 0 bridgehead atoms. The molecule has 0 saturated carbocycles. The first-order valence-electron chi connectivity index (χ1n) is 10.0. The minimum absolute atomic E-state index is 0.0623. The fourth-order valence-corrected chi connectivity index (χ4v) is 4.88. The van der Waals surface area contributed by atoms with Crippen molar-refractivity contribution in [1.29, 1.82) is 0 Å². The maximum Gasteiger partial charge on any atom is 0.309 e. The summed E-state index contributed by atoms with van der Waals surface area (Å²) < 4.78 is 19.2. The normalized spacial score (nSPS) is 27.2. The van der Waals surface area contributed by atoms with Crippen LogP contribution in [0.25, 0.3) is 5.57 Å². The van der Waals surface area contributed by atoms with Gasteiger partial charge in [-0.15, -0.1) is 0 Å². The summed E-state index contributed by atoms with van der Waals surface area (Å²) in [6.07, 6.45) is 5.29. The lowest BCUT2D eigenvalue weighted by molar-refractivity contribution is -0.156. The molecular formula is C24H31FO3. The van der Waals surface area contributed by atoms with Crippen molar-refractivity contribution in [2.24, 2.45) is 10.8 Å². The van der Waals surface area contributed by atoms with Crippen molar-refractivity contribution in [2.75, 3.05) is 0 Å². The second-order valence-electron chi connectivity index (χ2n) is 9.74. The first kappa shape index (κ1) is 20.8. The molecule has 2 aliphatic rings. The van der Waals surface area contributed by atoms with E-state index in [0.29, 0.717) is 12.0 Å². The van der Waals surface area contributed by atoms with Crippen molar-refractivity contribution in [3.63, 3.8) is 0 Å². The molecule has 1 N–H and O–H groups in total. The Morgan fingerprint density at radius 3 is 2.61 bits per heavy atom. The molecule has 28 heavy (non-hydrogen) atoms. The Balaban J connectivity index is 2.04. The second kappa shape index (κ2) is 7.47. The number of hydrogen-bond donors (Lipinski definition) is 1. The largest absolute Gasteiger partial charge is 0.458 e. The standard InChI is InChI=1S/C24H31FO3/c1-15-10-16(6-9-21(15)25)19-13-23(2,3)14-24(4,5)20(19)8-7-18-11-17(26)12-22(27)28-18/h6-10,17-18,26H,11-14H2,1-5H3/b8-7+. The van der Waals surface area contributed by atoms with Crippen LogP contribution in [0.15, 0.2) is 35.9 Å². The number of hydrogen-bond acceptors (Lipinski definition) is 3. The molecule has 3 nitrogen and oxygen atoms in total. The van der Waals surface area contributed by atoms with E-state index in [1.807, 2.05) is 18.2 Å². The van der Waals surface area contributed by atoms with Gasteiger partial charge in [-0.2, -0.15) is 0 Å². The average Bonchev–Trinajstić information content (AvgIpc) is 2.53. The number of allylic oxidation sites excluding steroid dienone is 3. The summed E-state index contributed by atoms with van der Waals surface area (Å²) in [5.41, 5.74) is 4.13. The van der Waals surface area contributed by atoms with Crippen molar-refractivity contribution in [1.82, 2.24) is 0 Å². The molecule has 0 aromatic heterocycles. The maximum absolute atomic E-state index is 13.8. The van der Waals surface area contributed by atoms with E-state index < -0.39 is 12.2 Å². The minimum Gasteiger partial charge on any atom is -0.458 e. The molecule has 1 heterocycles. The van der Waals surface area contributed by atoms with E-state index in [-0.39, 0.29) is 29.0 Å². The number of rotatable bonds is 3. The van der Waals surface area contributed by atoms with Crippen molar-refractivity contribution in [2.45, 2.75) is 72.5 Å². The van der Waals surface area contributed by atoms with Crippen molar-refractivity contribution < 1.29 is 19.0 Å². The van der Waals surface area contributed by atoms with E-state index in [4.69, 9.17) is 4.74 Å². The molecule has 152 valence electrons. The lowest BCUT2D eigenvalue weighted by atomic mass is 9.61. The Kier molecular flexibility index (Phi) is 5.55.